The summed E-state index contributed by atoms with van der Waals surface area (Å²) < 4.78 is 25.9. The van der Waals surface area contributed by atoms with Gasteiger partial charge in [-0.3, -0.25) is 0 Å². The summed E-state index contributed by atoms with van der Waals surface area (Å²) in [5.74, 6) is 0.233. The minimum atomic E-state index is -2.33. The first-order valence-corrected chi connectivity index (χ1v) is 5.84. The van der Waals surface area contributed by atoms with Gasteiger partial charge >= 0.3 is 0 Å². The van der Waals surface area contributed by atoms with Gasteiger partial charge in [-0.05, 0) is 30.7 Å². The lowest BCUT2D eigenvalue weighted by Gasteiger charge is -2.03. The molecule has 1 heterocycles. The zero-order valence-electron chi connectivity index (χ0n) is 10.2. The van der Waals surface area contributed by atoms with Gasteiger partial charge in [-0.2, -0.15) is 0 Å². The number of fused-ring (bicyclic) bond motifs is 1. The van der Waals surface area contributed by atoms with Crippen LogP contribution in [0.25, 0.3) is 10.9 Å². The SMILES string of the molecule is Cn1cc(CCNCC(F)F)c2c(O)cccc21. The molecule has 0 atom stereocenters. The van der Waals surface area contributed by atoms with Gasteiger partial charge in [0.1, 0.15) is 5.75 Å². The molecule has 18 heavy (non-hydrogen) atoms. The maximum atomic E-state index is 12.0. The Balaban J connectivity index is 2.13. The van der Waals surface area contributed by atoms with Crippen molar-refractivity contribution in [3.8, 4) is 5.75 Å². The Kier molecular flexibility index (Phi) is 3.81. The first-order chi connectivity index (χ1) is 8.59. The number of rotatable bonds is 5. The molecule has 1 aromatic carbocycles. The molecule has 2 aromatic rings. The molecule has 5 heteroatoms. The fraction of sp³-hybridized carbons (Fsp3) is 0.385. The zero-order valence-corrected chi connectivity index (χ0v) is 10.2. The molecule has 0 saturated heterocycles. The molecule has 98 valence electrons. The van der Waals surface area contributed by atoms with Gasteiger partial charge in [0.15, 0.2) is 0 Å². The van der Waals surface area contributed by atoms with Gasteiger partial charge in [0, 0.05) is 18.6 Å². The van der Waals surface area contributed by atoms with E-state index in [1.165, 1.54) is 0 Å². The molecule has 0 bridgehead atoms. The van der Waals surface area contributed by atoms with Crippen molar-refractivity contribution in [3.05, 3.63) is 30.0 Å². The van der Waals surface area contributed by atoms with E-state index < -0.39 is 6.43 Å². The first-order valence-electron chi connectivity index (χ1n) is 5.84. The maximum absolute atomic E-state index is 12.0. The lowest BCUT2D eigenvalue weighted by atomic mass is 10.1. The van der Waals surface area contributed by atoms with Crippen molar-refractivity contribution in [1.82, 2.24) is 9.88 Å². The maximum Gasteiger partial charge on any atom is 0.250 e. The minimum absolute atomic E-state index is 0.233. The number of benzene rings is 1. The molecule has 2 N–H and O–H groups in total. The molecule has 0 spiro atoms. The second kappa shape index (κ2) is 5.35. The summed E-state index contributed by atoms with van der Waals surface area (Å²) in [6.45, 7) is 0.175. The van der Waals surface area contributed by atoms with Crippen molar-refractivity contribution in [2.45, 2.75) is 12.8 Å². The predicted molar refractivity (Wildman–Crippen MR) is 67.2 cm³/mol. The summed E-state index contributed by atoms with van der Waals surface area (Å²) in [4.78, 5) is 0. The number of alkyl halides is 2. The molecule has 1 aromatic heterocycles. The minimum Gasteiger partial charge on any atom is -0.507 e. The third-order valence-corrected chi connectivity index (χ3v) is 2.94. The van der Waals surface area contributed by atoms with Crippen molar-refractivity contribution in [2.24, 2.45) is 7.05 Å². The van der Waals surface area contributed by atoms with E-state index in [1.54, 1.807) is 12.1 Å². The van der Waals surface area contributed by atoms with E-state index in [4.69, 9.17) is 0 Å². The summed E-state index contributed by atoms with van der Waals surface area (Å²) in [5, 5.41) is 13.3. The molecule has 0 radical (unpaired) electrons. The summed E-state index contributed by atoms with van der Waals surface area (Å²) in [5.41, 5.74) is 1.91. The second-order valence-corrected chi connectivity index (χ2v) is 4.28. The molecular weight excluding hydrogens is 238 g/mol. The predicted octanol–water partition coefficient (Wildman–Crippen LogP) is 2.28. The third kappa shape index (κ3) is 2.61. The largest absolute Gasteiger partial charge is 0.507 e. The summed E-state index contributed by atoms with van der Waals surface area (Å²) in [7, 11) is 1.90. The van der Waals surface area contributed by atoms with Crippen molar-refractivity contribution in [3.63, 3.8) is 0 Å². The van der Waals surface area contributed by atoms with Crippen molar-refractivity contribution < 1.29 is 13.9 Å². The summed E-state index contributed by atoms with van der Waals surface area (Å²) in [6, 6.07) is 5.35. The smallest absolute Gasteiger partial charge is 0.250 e. The highest BCUT2D eigenvalue weighted by molar-refractivity contribution is 5.89. The van der Waals surface area contributed by atoms with Crippen LogP contribution in [-0.2, 0) is 13.5 Å². The van der Waals surface area contributed by atoms with Crippen molar-refractivity contribution in [1.29, 1.82) is 0 Å². The van der Waals surface area contributed by atoms with Crippen LogP contribution in [0.2, 0.25) is 0 Å². The lowest BCUT2D eigenvalue weighted by molar-refractivity contribution is 0.146. The molecule has 0 aliphatic heterocycles. The van der Waals surface area contributed by atoms with E-state index in [0.29, 0.717) is 13.0 Å². The van der Waals surface area contributed by atoms with E-state index in [-0.39, 0.29) is 12.3 Å². The summed E-state index contributed by atoms with van der Waals surface area (Å²) in [6.07, 6.45) is 0.210. The Morgan fingerprint density at radius 1 is 1.39 bits per heavy atom. The van der Waals surface area contributed by atoms with Gasteiger partial charge in [0.25, 0.3) is 6.43 Å². The number of phenolic OH excluding ortho intramolecular Hbond substituents is 1. The van der Waals surface area contributed by atoms with Crippen LogP contribution >= 0.6 is 0 Å². The number of hydrogen-bond acceptors (Lipinski definition) is 2. The van der Waals surface area contributed by atoms with E-state index in [2.05, 4.69) is 5.32 Å². The Labute approximate surface area is 104 Å². The highest BCUT2D eigenvalue weighted by atomic mass is 19.3. The number of aromatic nitrogens is 1. The molecule has 0 aliphatic rings. The van der Waals surface area contributed by atoms with Crippen LogP contribution < -0.4 is 5.32 Å². The van der Waals surface area contributed by atoms with Gasteiger partial charge in [0.05, 0.1) is 12.1 Å². The fourth-order valence-corrected chi connectivity index (χ4v) is 2.14. The van der Waals surface area contributed by atoms with E-state index in [9.17, 15) is 13.9 Å². The molecule has 0 aliphatic carbocycles. The Bertz CT molecular complexity index is 537. The number of phenols is 1. The van der Waals surface area contributed by atoms with Gasteiger partial charge in [-0.1, -0.05) is 6.07 Å². The van der Waals surface area contributed by atoms with Gasteiger partial charge in [-0.25, -0.2) is 8.78 Å². The number of hydrogen-bond donors (Lipinski definition) is 2. The second-order valence-electron chi connectivity index (χ2n) is 4.28. The Hall–Kier alpha value is -1.62. The first kappa shape index (κ1) is 12.8. The van der Waals surface area contributed by atoms with Crippen LogP contribution in [0.4, 0.5) is 8.78 Å². The van der Waals surface area contributed by atoms with Crippen LogP contribution in [0.15, 0.2) is 24.4 Å². The topological polar surface area (TPSA) is 37.2 Å². The van der Waals surface area contributed by atoms with Crippen LogP contribution in [0, 0.1) is 0 Å². The van der Waals surface area contributed by atoms with Gasteiger partial charge in [0.2, 0.25) is 0 Å². The van der Waals surface area contributed by atoms with Gasteiger partial charge < -0.3 is 15.0 Å². The quantitative estimate of drug-likeness (QED) is 0.803. The normalized spacial score (nSPS) is 11.6. The van der Waals surface area contributed by atoms with Crippen LogP contribution in [0.1, 0.15) is 5.56 Å². The number of aromatic hydroxyl groups is 1. The monoisotopic (exact) mass is 254 g/mol. The van der Waals surface area contributed by atoms with E-state index in [0.717, 1.165) is 16.5 Å². The molecule has 3 nitrogen and oxygen atoms in total. The molecule has 0 saturated carbocycles. The van der Waals surface area contributed by atoms with Gasteiger partial charge in [-0.15, -0.1) is 0 Å². The Morgan fingerprint density at radius 2 is 2.17 bits per heavy atom. The zero-order chi connectivity index (χ0) is 13.1. The van der Waals surface area contributed by atoms with Crippen molar-refractivity contribution >= 4 is 10.9 Å². The molecule has 2 rings (SSSR count). The third-order valence-electron chi connectivity index (χ3n) is 2.94. The number of nitrogens with zero attached hydrogens (tertiary/aromatic N) is 1. The average Bonchev–Trinajstić information content (AvgIpc) is 2.63. The Morgan fingerprint density at radius 3 is 2.89 bits per heavy atom. The molecule has 0 unspecified atom stereocenters. The highest BCUT2D eigenvalue weighted by Crippen LogP contribution is 2.29. The van der Waals surface area contributed by atoms with Crippen LogP contribution in [0.5, 0.6) is 5.75 Å². The fourth-order valence-electron chi connectivity index (χ4n) is 2.14. The molecule has 0 amide bonds. The van der Waals surface area contributed by atoms with Crippen molar-refractivity contribution in [2.75, 3.05) is 13.1 Å². The highest BCUT2D eigenvalue weighted by Gasteiger charge is 2.10. The number of aryl methyl sites for hydroxylation is 1. The summed E-state index contributed by atoms with van der Waals surface area (Å²) >= 11 is 0. The number of halogens is 2. The van der Waals surface area contributed by atoms with Crippen LogP contribution in [-0.4, -0.2) is 29.2 Å². The molecular formula is C13H16F2N2O. The molecule has 0 fully saturated rings. The van der Waals surface area contributed by atoms with E-state index in [1.807, 2.05) is 23.9 Å². The van der Waals surface area contributed by atoms with E-state index >= 15 is 0 Å². The van der Waals surface area contributed by atoms with Crippen LogP contribution in [0.3, 0.4) is 0 Å². The standard InChI is InChI=1S/C13H16F2N2O/c1-17-8-9(5-6-16-7-12(14)15)13-10(17)3-2-4-11(13)18/h2-4,8,12,16,18H,5-7H2,1H3. The number of nitrogens with one attached hydrogen (secondary N) is 1. The lowest BCUT2D eigenvalue weighted by Crippen LogP contribution is -2.23. The average molecular weight is 254 g/mol.